The van der Waals surface area contributed by atoms with Gasteiger partial charge in [-0.05, 0) is 5.92 Å². The summed E-state index contributed by atoms with van der Waals surface area (Å²) in [6, 6.07) is -1.13. The van der Waals surface area contributed by atoms with Crippen molar-refractivity contribution in [2.75, 3.05) is 26.8 Å². The highest BCUT2D eigenvalue weighted by Crippen LogP contribution is 2.15. The molecule has 0 bridgehead atoms. The number of piperazine rings is 1. The first-order valence-corrected chi connectivity index (χ1v) is 5.81. The second kappa shape index (κ2) is 5.97. The van der Waals surface area contributed by atoms with Crippen LogP contribution in [0.1, 0.15) is 13.8 Å². The highest BCUT2D eigenvalue weighted by molar-refractivity contribution is 5.91. The molecule has 98 valence electrons. The molecule has 0 aromatic rings. The monoisotopic (exact) mass is 243 g/mol. The maximum atomic E-state index is 12.1. The maximum Gasteiger partial charge on any atom is 0.243 e. The van der Waals surface area contributed by atoms with Crippen molar-refractivity contribution in [2.24, 2.45) is 11.7 Å². The van der Waals surface area contributed by atoms with E-state index in [-0.39, 0.29) is 24.3 Å². The highest BCUT2D eigenvalue weighted by Gasteiger charge is 2.36. The van der Waals surface area contributed by atoms with Crippen molar-refractivity contribution in [3.05, 3.63) is 0 Å². The SMILES string of the molecule is COCC(N)C(=O)N1CCNC(=O)C1C(C)C. The van der Waals surface area contributed by atoms with Crippen molar-refractivity contribution in [3.8, 4) is 0 Å². The van der Waals surface area contributed by atoms with Gasteiger partial charge in [0.1, 0.15) is 12.1 Å². The first-order chi connectivity index (χ1) is 7.99. The van der Waals surface area contributed by atoms with Crippen LogP contribution in [0.3, 0.4) is 0 Å². The van der Waals surface area contributed by atoms with Gasteiger partial charge < -0.3 is 20.7 Å². The zero-order valence-electron chi connectivity index (χ0n) is 10.6. The summed E-state index contributed by atoms with van der Waals surface area (Å²) in [4.78, 5) is 25.4. The molecule has 0 spiro atoms. The predicted octanol–water partition coefficient (Wildman–Crippen LogP) is -1.06. The summed E-state index contributed by atoms with van der Waals surface area (Å²) >= 11 is 0. The largest absolute Gasteiger partial charge is 0.383 e. The number of nitrogens with zero attached hydrogens (tertiary/aromatic N) is 1. The van der Waals surface area contributed by atoms with Gasteiger partial charge in [0, 0.05) is 20.2 Å². The second-order valence-corrected chi connectivity index (χ2v) is 4.57. The number of hydrogen-bond donors (Lipinski definition) is 2. The first-order valence-electron chi connectivity index (χ1n) is 5.81. The highest BCUT2D eigenvalue weighted by atomic mass is 16.5. The first kappa shape index (κ1) is 13.9. The molecule has 6 nitrogen and oxygen atoms in total. The molecule has 1 fully saturated rings. The van der Waals surface area contributed by atoms with Gasteiger partial charge in [0.05, 0.1) is 6.61 Å². The number of hydrogen-bond acceptors (Lipinski definition) is 4. The minimum atomic E-state index is -0.702. The molecule has 1 heterocycles. The summed E-state index contributed by atoms with van der Waals surface area (Å²) in [6.45, 7) is 4.98. The van der Waals surface area contributed by atoms with Crippen LogP contribution in [0.25, 0.3) is 0 Å². The zero-order valence-corrected chi connectivity index (χ0v) is 10.6. The van der Waals surface area contributed by atoms with Crippen LogP contribution in [0.2, 0.25) is 0 Å². The minimum absolute atomic E-state index is 0.0639. The molecule has 1 aliphatic heterocycles. The molecular weight excluding hydrogens is 222 g/mol. The molecule has 0 aliphatic carbocycles. The Morgan fingerprint density at radius 3 is 2.82 bits per heavy atom. The Bertz CT molecular complexity index is 294. The van der Waals surface area contributed by atoms with Gasteiger partial charge in [-0.1, -0.05) is 13.8 Å². The molecule has 0 radical (unpaired) electrons. The zero-order chi connectivity index (χ0) is 13.0. The third kappa shape index (κ3) is 3.17. The van der Waals surface area contributed by atoms with Crippen molar-refractivity contribution < 1.29 is 14.3 Å². The molecule has 2 atom stereocenters. The van der Waals surface area contributed by atoms with Crippen molar-refractivity contribution in [2.45, 2.75) is 25.9 Å². The lowest BCUT2D eigenvalue weighted by atomic mass is 9.99. The Labute approximate surface area is 101 Å². The van der Waals surface area contributed by atoms with Gasteiger partial charge in [-0.25, -0.2) is 0 Å². The van der Waals surface area contributed by atoms with Crippen LogP contribution >= 0.6 is 0 Å². The number of amides is 2. The number of methoxy groups -OCH3 is 1. The molecule has 0 aromatic heterocycles. The number of ether oxygens (including phenoxy) is 1. The van der Waals surface area contributed by atoms with Crippen molar-refractivity contribution >= 4 is 11.8 Å². The lowest BCUT2D eigenvalue weighted by Crippen LogP contribution is -2.62. The fourth-order valence-electron chi connectivity index (χ4n) is 2.06. The quantitative estimate of drug-likeness (QED) is 0.659. The van der Waals surface area contributed by atoms with Gasteiger partial charge in [-0.15, -0.1) is 0 Å². The molecule has 1 aliphatic rings. The Morgan fingerprint density at radius 2 is 2.29 bits per heavy atom. The van der Waals surface area contributed by atoms with Crippen LogP contribution in [0, 0.1) is 5.92 Å². The van der Waals surface area contributed by atoms with Gasteiger partial charge in [0.15, 0.2) is 0 Å². The topological polar surface area (TPSA) is 84.7 Å². The van der Waals surface area contributed by atoms with Gasteiger partial charge in [0.2, 0.25) is 11.8 Å². The van der Waals surface area contributed by atoms with Gasteiger partial charge in [0.25, 0.3) is 0 Å². The van der Waals surface area contributed by atoms with E-state index in [1.807, 2.05) is 13.8 Å². The van der Waals surface area contributed by atoms with E-state index in [1.54, 1.807) is 4.90 Å². The smallest absolute Gasteiger partial charge is 0.243 e. The van der Waals surface area contributed by atoms with Crippen LogP contribution in [0.5, 0.6) is 0 Å². The second-order valence-electron chi connectivity index (χ2n) is 4.57. The molecule has 1 saturated heterocycles. The maximum absolute atomic E-state index is 12.1. The molecule has 3 N–H and O–H groups in total. The summed E-state index contributed by atoms with van der Waals surface area (Å²) in [5.74, 6) is -0.265. The van der Waals surface area contributed by atoms with Crippen LogP contribution < -0.4 is 11.1 Å². The average molecular weight is 243 g/mol. The average Bonchev–Trinajstić information content (AvgIpc) is 2.27. The van der Waals surface area contributed by atoms with Crippen molar-refractivity contribution in [1.29, 1.82) is 0 Å². The number of rotatable bonds is 4. The lowest BCUT2D eigenvalue weighted by Gasteiger charge is -2.38. The van der Waals surface area contributed by atoms with Crippen LogP contribution in [0.15, 0.2) is 0 Å². The third-order valence-electron chi connectivity index (χ3n) is 2.83. The molecule has 6 heteroatoms. The van der Waals surface area contributed by atoms with E-state index in [1.165, 1.54) is 7.11 Å². The van der Waals surface area contributed by atoms with E-state index in [4.69, 9.17) is 10.5 Å². The van der Waals surface area contributed by atoms with E-state index < -0.39 is 12.1 Å². The molecule has 1 rings (SSSR count). The van der Waals surface area contributed by atoms with E-state index in [0.29, 0.717) is 13.1 Å². The van der Waals surface area contributed by atoms with Crippen LogP contribution in [-0.2, 0) is 14.3 Å². The molecule has 0 aromatic carbocycles. The minimum Gasteiger partial charge on any atom is -0.383 e. The normalized spacial score (nSPS) is 22.5. The van der Waals surface area contributed by atoms with Crippen LogP contribution in [0.4, 0.5) is 0 Å². The van der Waals surface area contributed by atoms with Crippen molar-refractivity contribution in [1.82, 2.24) is 10.2 Å². The number of nitrogens with one attached hydrogen (secondary N) is 1. The van der Waals surface area contributed by atoms with Gasteiger partial charge >= 0.3 is 0 Å². The molecule has 17 heavy (non-hydrogen) atoms. The number of carbonyl (C=O) groups is 2. The summed E-state index contributed by atoms with van der Waals surface area (Å²) in [7, 11) is 1.50. The molecule has 2 amide bonds. The van der Waals surface area contributed by atoms with Gasteiger partial charge in [-0.2, -0.15) is 0 Å². The Hall–Kier alpha value is -1.14. The van der Waals surface area contributed by atoms with E-state index in [2.05, 4.69) is 5.32 Å². The number of nitrogens with two attached hydrogens (primary N) is 1. The summed E-state index contributed by atoms with van der Waals surface area (Å²) < 4.78 is 4.87. The van der Waals surface area contributed by atoms with E-state index in [0.717, 1.165) is 0 Å². The number of carbonyl (C=O) groups excluding carboxylic acids is 2. The summed E-state index contributed by atoms with van der Waals surface area (Å²) in [6.07, 6.45) is 0. The van der Waals surface area contributed by atoms with E-state index >= 15 is 0 Å². The van der Waals surface area contributed by atoms with E-state index in [9.17, 15) is 9.59 Å². The Kier molecular flexibility index (Phi) is 4.89. The van der Waals surface area contributed by atoms with Crippen molar-refractivity contribution in [3.63, 3.8) is 0 Å². The fraction of sp³-hybridized carbons (Fsp3) is 0.818. The summed E-state index contributed by atoms with van der Waals surface area (Å²) in [5.41, 5.74) is 5.72. The summed E-state index contributed by atoms with van der Waals surface area (Å²) in [5, 5.41) is 2.76. The standard InChI is InChI=1S/C11H21N3O3/c1-7(2)9-10(15)13-4-5-14(9)11(16)8(12)6-17-3/h7-9H,4-6,12H2,1-3H3,(H,13,15). The third-order valence-corrected chi connectivity index (χ3v) is 2.83. The Balaban J connectivity index is 2.78. The molecule has 0 saturated carbocycles. The fourth-order valence-corrected chi connectivity index (χ4v) is 2.06. The lowest BCUT2D eigenvalue weighted by molar-refractivity contribution is -0.146. The predicted molar refractivity (Wildman–Crippen MR) is 63.2 cm³/mol. The van der Waals surface area contributed by atoms with Crippen LogP contribution in [-0.4, -0.2) is 55.6 Å². The Morgan fingerprint density at radius 1 is 1.65 bits per heavy atom. The van der Waals surface area contributed by atoms with Gasteiger partial charge in [-0.3, -0.25) is 9.59 Å². The molecular formula is C11H21N3O3. The molecule has 2 unspecified atom stereocenters.